The lowest BCUT2D eigenvalue weighted by atomic mass is 10.1. The molecular weight excluding hydrogens is 216 g/mol. The Morgan fingerprint density at radius 3 is 2.75 bits per heavy atom. The number of hydrogen-bond donors (Lipinski definition) is 1. The molecule has 0 saturated carbocycles. The van der Waals surface area contributed by atoms with Crippen molar-refractivity contribution < 1.29 is 0 Å². The van der Waals surface area contributed by atoms with Crippen LogP contribution in [0.3, 0.4) is 0 Å². The smallest absolute Gasteiger partial charge is 0.0223 e. The SMILES string of the molecule is CCC(CS)CN(C)CC1CCCN1CC. The lowest BCUT2D eigenvalue weighted by Gasteiger charge is -2.29. The molecular formula is C13H28N2S. The molecule has 0 amide bonds. The second-order valence-electron chi connectivity index (χ2n) is 5.10. The van der Waals surface area contributed by atoms with Gasteiger partial charge in [-0.25, -0.2) is 0 Å². The van der Waals surface area contributed by atoms with E-state index in [0.717, 1.165) is 17.7 Å². The molecule has 2 atom stereocenters. The minimum Gasteiger partial charge on any atom is -0.305 e. The predicted molar refractivity (Wildman–Crippen MR) is 75.4 cm³/mol. The zero-order chi connectivity index (χ0) is 12.0. The van der Waals surface area contributed by atoms with Crippen molar-refractivity contribution in [2.45, 2.75) is 39.2 Å². The number of likely N-dealkylation sites (N-methyl/N-ethyl adjacent to an activating group) is 2. The number of thiol groups is 1. The molecule has 0 radical (unpaired) electrons. The normalized spacial score (nSPS) is 24.2. The lowest BCUT2D eigenvalue weighted by Crippen LogP contribution is -2.40. The highest BCUT2D eigenvalue weighted by molar-refractivity contribution is 7.80. The topological polar surface area (TPSA) is 6.48 Å². The average molecular weight is 244 g/mol. The van der Waals surface area contributed by atoms with E-state index in [0.29, 0.717) is 0 Å². The second kappa shape index (κ2) is 7.57. The van der Waals surface area contributed by atoms with Gasteiger partial charge in [0, 0.05) is 19.1 Å². The van der Waals surface area contributed by atoms with E-state index in [1.807, 2.05) is 0 Å². The number of hydrogen-bond acceptors (Lipinski definition) is 3. The summed E-state index contributed by atoms with van der Waals surface area (Å²) in [5.74, 6) is 1.77. The lowest BCUT2D eigenvalue weighted by molar-refractivity contribution is 0.185. The summed E-state index contributed by atoms with van der Waals surface area (Å²) >= 11 is 4.42. The molecule has 3 heteroatoms. The van der Waals surface area contributed by atoms with E-state index >= 15 is 0 Å². The maximum atomic E-state index is 4.42. The summed E-state index contributed by atoms with van der Waals surface area (Å²) in [6.45, 7) is 9.50. The highest BCUT2D eigenvalue weighted by atomic mass is 32.1. The first-order chi connectivity index (χ1) is 7.71. The maximum absolute atomic E-state index is 4.42. The Hall–Kier alpha value is 0.270. The van der Waals surface area contributed by atoms with E-state index in [-0.39, 0.29) is 0 Å². The molecule has 0 aromatic heterocycles. The monoisotopic (exact) mass is 244 g/mol. The standard InChI is InChI=1S/C13H28N2S/c1-4-12(11-16)9-14(3)10-13-7-6-8-15(13)5-2/h12-13,16H,4-11H2,1-3H3. The molecule has 1 rings (SSSR count). The van der Waals surface area contributed by atoms with Crippen molar-refractivity contribution in [3.63, 3.8) is 0 Å². The minimum absolute atomic E-state index is 0.754. The highest BCUT2D eigenvalue weighted by Gasteiger charge is 2.24. The van der Waals surface area contributed by atoms with Crippen LogP contribution in [0, 0.1) is 5.92 Å². The summed E-state index contributed by atoms with van der Waals surface area (Å²) in [7, 11) is 2.26. The molecule has 16 heavy (non-hydrogen) atoms. The summed E-state index contributed by atoms with van der Waals surface area (Å²) in [5.41, 5.74) is 0. The van der Waals surface area contributed by atoms with Crippen LogP contribution >= 0.6 is 12.6 Å². The van der Waals surface area contributed by atoms with E-state index in [1.165, 1.54) is 45.4 Å². The van der Waals surface area contributed by atoms with E-state index in [9.17, 15) is 0 Å². The van der Waals surface area contributed by atoms with Crippen LogP contribution in [-0.2, 0) is 0 Å². The Bertz CT molecular complexity index is 183. The molecule has 1 aliphatic heterocycles. The summed E-state index contributed by atoms with van der Waals surface area (Å²) in [6.07, 6.45) is 4.02. The van der Waals surface area contributed by atoms with Gasteiger partial charge in [-0.2, -0.15) is 12.6 Å². The van der Waals surface area contributed by atoms with Crippen molar-refractivity contribution >= 4 is 12.6 Å². The number of rotatable bonds is 7. The van der Waals surface area contributed by atoms with Crippen molar-refractivity contribution in [3.8, 4) is 0 Å². The van der Waals surface area contributed by atoms with Gasteiger partial charge in [0.25, 0.3) is 0 Å². The van der Waals surface area contributed by atoms with Gasteiger partial charge >= 0.3 is 0 Å². The van der Waals surface area contributed by atoms with Crippen molar-refractivity contribution in [2.75, 3.05) is 39.0 Å². The fourth-order valence-corrected chi connectivity index (χ4v) is 3.08. The second-order valence-corrected chi connectivity index (χ2v) is 5.47. The molecule has 1 heterocycles. The van der Waals surface area contributed by atoms with Crippen LogP contribution in [0.1, 0.15) is 33.1 Å². The molecule has 0 bridgehead atoms. The van der Waals surface area contributed by atoms with Crippen molar-refractivity contribution in [2.24, 2.45) is 5.92 Å². The van der Waals surface area contributed by atoms with Crippen LogP contribution in [0.5, 0.6) is 0 Å². The molecule has 2 nitrogen and oxygen atoms in total. The summed E-state index contributed by atoms with van der Waals surface area (Å²) < 4.78 is 0. The third-order valence-corrected chi connectivity index (χ3v) is 4.35. The first-order valence-electron chi connectivity index (χ1n) is 6.74. The van der Waals surface area contributed by atoms with Gasteiger partial charge < -0.3 is 4.90 Å². The van der Waals surface area contributed by atoms with Gasteiger partial charge in [0.05, 0.1) is 0 Å². The molecule has 0 aliphatic carbocycles. The Balaban J connectivity index is 2.29. The minimum atomic E-state index is 0.754. The van der Waals surface area contributed by atoms with Gasteiger partial charge in [-0.1, -0.05) is 20.3 Å². The quantitative estimate of drug-likeness (QED) is 0.687. The first-order valence-corrected chi connectivity index (χ1v) is 7.37. The van der Waals surface area contributed by atoms with E-state index in [2.05, 4.69) is 43.3 Å². The number of nitrogens with zero attached hydrogens (tertiary/aromatic N) is 2. The summed E-state index contributed by atoms with van der Waals surface area (Å²) in [6, 6.07) is 0.799. The molecule has 0 spiro atoms. The van der Waals surface area contributed by atoms with E-state index in [1.54, 1.807) is 0 Å². The van der Waals surface area contributed by atoms with Crippen LogP contribution in [0.4, 0.5) is 0 Å². The van der Waals surface area contributed by atoms with Crippen LogP contribution in [-0.4, -0.2) is 54.8 Å². The van der Waals surface area contributed by atoms with Crippen molar-refractivity contribution in [3.05, 3.63) is 0 Å². The van der Waals surface area contributed by atoms with Gasteiger partial charge in [0.15, 0.2) is 0 Å². The summed E-state index contributed by atoms with van der Waals surface area (Å²) in [4.78, 5) is 5.13. The Morgan fingerprint density at radius 2 is 2.19 bits per heavy atom. The molecule has 0 N–H and O–H groups in total. The predicted octanol–water partition coefficient (Wildman–Crippen LogP) is 2.36. The fourth-order valence-electron chi connectivity index (χ4n) is 2.71. The van der Waals surface area contributed by atoms with Crippen LogP contribution < -0.4 is 0 Å². The van der Waals surface area contributed by atoms with Crippen LogP contribution in [0.2, 0.25) is 0 Å². The zero-order valence-corrected chi connectivity index (χ0v) is 12.0. The molecule has 96 valence electrons. The summed E-state index contributed by atoms with van der Waals surface area (Å²) in [5, 5.41) is 0. The first kappa shape index (κ1) is 14.3. The van der Waals surface area contributed by atoms with E-state index in [4.69, 9.17) is 0 Å². The molecule has 0 aromatic carbocycles. The Labute approximate surface area is 107 Å². The van der Waals surface area contributed by atoms with Gasteiger partial charge in [-0.15, -0.1) is 0 Å². The van der Waals surface area contributed by atoms with Crippen LogP contribution in [0.25, 0.3) is 0 Å². The molecule has 1 saturated heterocycles. The van der Waals surface area contributed by atoms with Crippen molar-refractivity contribution in [1.82, 2.24) is 9.80 Å². The van der Waals surface area contributed by atoms with Gasteiger partial charge in [0.1, 0.15) is 0 Å². The largest absolute Gasteiger partial charge is 0.305 e. The molecule has 2 unspecified atom stereocenters. The Kier molecular flexibility index (Phi) is 6.78. The third-order valence-electron chi connectivity index (χ3n) is 3.83. The van der Waals surface area contributed by atoms with E-state index < -0.39 is 0 Å². The zero-order valence-electron chi connectivity index (χ0n) is 11.2. The van der Waals surface area contributed by atoms with Gasteiger partial charge in [-0.05, 0) is 44.6 Å². The molecule has 1 aliphatic rings. The van der Waals surface area contributed by atoms with Crippen molar-refractivity contribution in [1.29, 1.82) is 0 Å². The maximum Gasteiger partial charge on any atom is 0.0223 e. The Morgan fingerprint density at radius 1 is 1.44 bits per heavy atom. The van der Waals surface area contributed by atoms with Crippen LogP contribution in [0.15, 0.2) is 0 Å². The highest BCUT2D eigenvalue weighted by Crippen LogP contribution is 2.18. The fraction of sp³-hybridized carbons (Fsp3) is 1.00. The molecule has 1 fully saturated rings. The number of likely N-dealkylation sites (tertiary alicyclic amines) is 1. The third kappa shape index (κ3) is 4.27. The average Bonchev–Trinajstić information content (AvgIpc) is 2.73. The van der Waals surface area contributed by atoms with Gasteiger partial charge in [-0.3, -0.25) is 4.90 Å². The van der Waals surface area contributed by atoms with Gasteiger partial charge in [0.2, 0.25) is 0 Å². The molecule has 0 aromatic rings.